The lowest BCUT2D eigenvalue weighted by atomic mass is 10.0. The van der Waals surface area contributed by atoms with Gasteiger partial charge in [0.2, 0.25) is 0 Å². The molecule has 0 amide bonds. The van der Waals surface area contributed by atoms with Crippen LogP contribution in [0, 0.1) is 35.1 Å². The van der Waals surface area contributed by atoms with Crippen LogP contribution < -0.4 is 0 Å². The summed E-state index contributed by atoms with van der Waals surface area (Å²) < 4.78 is 54.8. The van der Waals surface area contributed by atoms with Crippen LogP contribution in [-0.4, -0.2) is 0 Å². The van der Waals surface area contributed by atoms with Gasteiger partial charge in [0.05, 0.1) is 5.56 Å². The minimum absolute atomic E-state index is 0.0249. The highest BCUT2D eigenvalue weighted by atomic mass is 19.2. The molecule has 0 aliphatic rings. The number of aryl methyl sites for hydroxylation is 1. The lowest BCUT2D eigenvalue weighted by molar-refractivity contribution is 0.453. The lowest BCUT2D eigenvalue weighted by Gasteiger charge is -2.03. The highest BCUT2D eigenvalue weighted by Gasteiger charge is 2.13. The van der Waals surface area contributed by atoms with Crippen LogP contribution in [0.1, 0.15) is 49.3 Å². The molecule has 0 saturated heterocycles. The van der Waals surface area contributed by atoms with Crippen molar-refractivity contribution in [3.8, 4) is 11.8 Å². The van der Waals surface area contributed by atoms with Crippen molar-refractivity contribution in [1.29, 1.82) is 0 Å². The van der Waals surface area contributed by atoms with Gasteiger partial charge in [-0.25, -0.2) is 17.6 Å². The topological polar surface area (TPSA) is 0 Å². The molecule has 0 fully saturated rings. The predicted molar refractivity (Wildman–Crippen MR) is 104 cm³/mol. The molecule has 4 heteroatoms. The SMILES string of the molecule is CCCCCCc1ccc(C#Cc2ccc3c(F)c(F)c(F)cc3c2)c(F)c1. The molecule has 0 N–H and O–H groups in total. The number of benzene rings is 3. The molecule has 0 aliphatic heterocycles. The van der Waals surface area contributed by atoms with Crippen molar-refractivity contribution in [3.63, 3.8) is 0 Å². The molecule has 144 valence electrons. The molecule has 0 heterocycles. The first kappa shape index (κ1) is 19.9. The quantitative estimate of drug-likeness (QED) is 0.194. The van der Waals surface area contributed by atoms with Gasteiger partial charge in [0.15, 0.2) is 17.5 Å². The van der Waals surface area contributed by atoms with Crippen molar-refractivity contribution in [2.24, 2.45) is 0 Å². The Labute approximate surface area is 162 Å². The first-order chi connectivity index (χ1) is 13.5. The minimum Gasteiger partial charge on any atom is -0.206 e. The van der Waals surface area contributed by atoms with Crippen LogP contribution in [0.3, 0.4) is 0 Å². The van der Waals surface area contributed by atoms with E-state index in [0.29, 0.717) is 5.56 Å². The van der Waals surface area contributed by atoms with Crippen molar-refractivity contribution in [2.45, 2.75) is 39.0 Å². The zero-order valence-electron chi connectivity index (χ0n) is 15.6. The Morgan fingerprint density at radius 3 is 2.32 bits per heavy atom. The Hall–Kier alpha value is -2.80. The largest absolute Gasteiger partial charge is 0.206 e. The molecule has 0 spiro atoms. The van der Waals surface area contributed by atoms with Crippen LogP contribution in [0.15, 0.2) is 42.5 Å². The van der Waals surface area contributed by atoms with Crippen molar-refractivity contribution in [2.75, 3.05) is 0 Å². The summed E-state index contributed by atoms with van der Waals surface area (Å²) in [7, 11) is 0. The van der Waals surface area contributed by atoms with Gasteiger partial charge >= 0.3 is 0 Å². The highest BCUT2D eigenvalue weighted by Crippen LogP contribution is 2.24. The number of hydrogen-bond acceptors (Lipinski definition) is 0. The van der Waals surface area contributed by atoms with Crippen molar-refractivity contribution in [1.82, 2.24) is 0 Å². The molecule has 0 radical (unpaired) electrons. The van der Waals surface area contributed by atoms with Gasteiger partial charge in [0.25, 0.3) is 0 Å². The Kier molecular flexibility index (Phi) is 6.36. The van der Waals surface area contributed by atoms with Gasteiger partial charge in [-0.15, -0.1) is 0 Å². The molecule has 3 aromatic rings. The van der Waals surface area contributed by atoms with E-state index in [1.165, 1.54) is 30.7 Å². The zero-order chi connectivity index (χ0) is 20.1. The summed E-state index contributed by atoms with van der Waals surface area (Å²) in [5, 5.41) is 0.175. The maximum atomic E-state index is 14.3. The molecule has 0 bridgehead atoms. The van der Waals surface area contributed by atoms with E-state index in [1.807, 2.05) is 6.07 Å². The van der Waals surface area contributed by atoms with E-state index in [4.69, 9.17) is 0 Å². The summed E-state index contributed by atoms with van der Waals surface area (Å²) in [5.41, 5.74) is 1.66. The molecule has 0 nitrogen and oxygen atoms in total. The molecule has 28 heavy (non-hydrogen) atoms. The van der Waals surface area contributed by atoms with E-state index < -0.39 is 17.5 Å². The summed E-state index contributed by atoms with van der Waals surface area (Å²) in [6.45, 7) is 2.15. The minimum atomic E-state index is -1.50. The van der Waals surface area contributed by atoms with Crippen LogP contribution in [0.25, 0.3) is 10.8 Å². The number of unbranched alkanes of at least 4 members (excludes halogenated alkanes) is 3. The van der Waals surface area contributed by atoms with Gasteiger partial charge in [0, 0.05) is 10.9 Å². The monoisotopic (exact) mass is 384 g/mol. The van der Waals surface area contributed by atoms with Gasteiger partial charge in [-0.1, -0.05) is 50.2 Å². The van der Waals surface area contributed by atoms with Gasteiger partial charge in [0.1, 0.15) is 5.82 Å². The maximum absolute atomic E-state index is 14.3. The van der Waals surface area contributed by atoms with E-state index in [1.54, 1.807) is 6.07 Å². The lowest BCUT2D eigenvalue weighted by Crippen LogP contribution is -1.92. The molecular weight excluding hydrogens is 364 g/mol. The summed E-state index contributed by atoms with van der Waals surface area (Å²) in [6.07, 6.45) is 5.34. The van der Waals surface area contributed by atoms with Crippen molar-refractivity contribution in [3.05, 3.63) is 82.4 Å². The van der Waals surface area contributed by atoms with E-state index in [-0.39, 0.29) is 22.2 Å². The molecule has 0 aliphatic carbocycles. The van der Waals surface area contributed by atoms with Crippen LogP contribution in [-0.2, 0) is 6.42 Å². The fourth-order valence-corrected chi connectivity index (χ4v) is 3.09. The number of fused-ring (bicyclic) bond motifs is 1. The van der Waals surface area contributed by atoms with Gasteiger partial charge < -0.3 is 0 Å². The van der Waals surface area contributed by atoms with Crippen LogP contribution in [0.5, 0.6) is 0 Å². The Bertz CT molecular complexity index is 1060. The second-order valence-electron chi connectivity index (χ2n) is 6.80. The van der Waals surface area contributed by atoms with Gasteiger partial charge in [-0.2, -0.15) is 0 Å². The van der Waals surface area contributed by atoms with Gasteiger partial charge in [-0.05, 0) is 54.1 Å². The summed E-state index contributed by atoms with van der Waals surface area (Å²) in [5.74, 6) is 1.18. The van der Waals surface area contributed by atoms with Crippen LogP contribution >= 0.6 is 0 Å². The Balaban J connectivity index is 1.80. The third kappa shape index (κ3) is 4.54. The second kappa shape index (κ2) is 8.93. The summed E-state index contributed by atoms with van der Waals surface area (Å²) in [6, 6.07) is 10.2. The third-order valence-corrected chi connectivity index (χ3v) is 4.67. The smallest absolute Gasteiger partial charge is 0.195 e. The standard InChI is InChI=1S/C24H20F4/c1-2-3-4-5-6-16-7-10-18(21(25)14-16)11-8-17-9-12-20-19(13-17)15-22(26)24(28)23(20)27/h7,9-10,12-15H,2-6H2,1H3. The first-order valence-electron chi connectivity index (χ1n) is 9.37. The molecule has 0 saturated carbocycles. The zero-order valence-corrected chi connectivity index (χ0v) is 15.6. The average Bonchev–Trinajstić information content (AvgIpc) is 2.68. The van der Waals surface area contributed by atoms with E-state index >= 15 is 0 Å². The highest BCUT2D eigenvalue weighted by molar-refractivity contribution is 5.84. The predicted octanol–water partition coefficient (Wildman–Crippen LogP) is 6.92. The maximum Gasteiger partial charge on any atom is 0.195 e. The number of halogens is 4. The van der Waals surface area contributed by atoms with Crippen LogP contribution in [0.2, 0.25) is 0 Å². The summed E-state index contributed by atoms with van der Waals surface area (Å²) >= 11 is 0. The molecule has 3 rings (SSSR count). The van der Waals surface area contributed by atoms with Crippen molar-refractivity contribution >= 4 is 10.8 Å². The van der Waals surface area contributed by atoms with E-state index in [9.17, 15) is 17.6 Å². The van der Waals surface area contributed by atoms with E-state index in [2.05, 4.69) is 18.8 Å². The molecule has 0 atom stereocenters. The van der Waals surface area contributed by atoms with E-state index in [0.717, 1.165) is 37.3 Å². The second-order valence-corrected chi connectivity index (χ2v) is 6.80. The first-order valence-corrected chi connectivity index (χ1v) is 9.37. The Morgan fingerprint density at radius 1 is 0.750 bits per heavy atom. The molecule has 0 aromatic heterocycles. The van der Waals surface area contributed by atoms with Crippen LogP contribution in [0.4, 0.5) is 17.6 Å². The van der Waals surface area contributed by atoms with Crippen molar-refractivity contribution < 1.29 is 17.6 Å². The fraction of sp³-hybridized carbons (Fsp3) is 0.250. The Morgan fingerprint density at radius 2 is 1.57 bits per heavy atom. The normalized spacial score (nSPS) is 10.8. The third-order valence-electron chi connectivity index (χ3n) is 4.67. The van der Waals surface area contributed by atoms with Gasteiger partial charge in [-0.3, -0.25) is 0 Å². The summed E-state index contributed by atoms with van der Waals surface area (Å²) in [4.78, 5) is 0. The number of rotatable bonds is 5. The fourth-order valence-electron chi connectivity index (χ4n) is 3.09. The molecule has 0 unspecified atom stereocenters. The average molecular weight is 384 g/mol. The number of hydrogen-bond donors (Lipinski definition) is 0. The molecular formula is C24H20F4. The molecule has 3 aromatic carbocycles.